The monoisotopic (exact) mass is 329 g/mol. The van der Waals surface area contributed by atoms with Gasteiger partial charge in [-0.2, -0.15) is 4.72 Å². The molecule has 2 rings (SSSR count). The van der Waals surface area contributed by atoms with Gasteiger partial charge >= 0.3 is 0 Å². The van der Waals surface area contributed by atoms with Crippen molar-refractivity contribution in [3.63, 3.8) is 0 Å². The van der Waals surface area contributed by atoms with Gasteiger partial charge < -0.3 is 5.73 Å². The normalized spacial score (nSPS) is 12.6. The highest BCUT2D eigenvalue weighted by molar-refractivity contribution is 7.89. The molecule has 0 aliphatic heterocycles. The van der Waals surface area contributed by atoms with Crippen molar-refractivity contribution in [1.29, 1.82) is 0 Å². The summed E-state index contributed by atoms with van der Waals surface area (Å²) in [5.41, 5.74) is 5.06. The zero-order valence-electron chi connectivity index (χ0n) is 11.8. The number of halogens is 1. The van der Waals surface area contributed by atoms with E-state index in [-0.39, 0.29) is 16.1 Å². The van der Waals surface area contributed by atoms with E-state index in [9.17, 15) is 12.8 Å². The predicted octanol–water partition coefficient (Wildman–Crippen LogP) is 2.39. The topological polar surface area (TPSA) is 85.1 Å². The minimum atomic E-state index is -3.91. The Hall–Kier alpha value is -1.51. The van der Waals surface area contributed by atoms with Gasteiger partial charge in [0.1, 0.15) is 10.8 Å². The maximum absolute atomic E-state index is 13.7. The summed E-state index contributed by atoms with van der Waals surface area (Å²) >= 11 is 1.34. The number of hydrogen-bond acceptors (Lipinski definition) is 5. The molecule has 0 fully saturated rings. The second-order valence-electron chi connectivity index (χ2n) is 5.19. The van der Waals surface area contributed by atoms with Crippen molar-refractivity contribution in [2.45, 2.75) is 31.2 Å². The number of rotatable bonds is 4. The molecule has 0 unspecified atom stereocenters. The van der Waals surface area contributed by atoms with E-state index in [1.807, 2.05) is 0 Å². The van der Waals surface area contributed by atoms with Crippen molar-refractivity contribution in [3.05, 3.63) is 40.1 Å². The standard InChI is InChI=1S/C13H16FN3O2S2/c1-8-10(14)6-9(7-11(8)15)21(18,19)17-13(2,3)12-16-4-5-20-12/h4-7,17H,15H2,1-3H3. The maximum Gasteiger partial charge on any atom is 0.241 e. The summed E-state index contributed by atoms with van der Waals surface area (Å²) in [6, 6.07) is 2.21. The molecule has 21 heavy (non-hydrogen) atoms. The number of anilines is 1. The number of aromatic nitrogens is 1. The average molecular weight is 329 g/mol. The van der Waals surface area contributed by atoms with Gasteiger partial charge in [0.2, 0.25) is 10.0 Å². The highest BCUT2D eigenvalue weighted by Gasteiger charge is 2.30. The molecular formula is C13H16FN3O2S2. The first-order valence-corrected chi connectivity index (χ1v) is 8.49. The number of sulfonamides is 1. The summed E-state index contributed by atoms with van der Waals surface area (Å²) in [6.07, 6.45) is 1.60. The molecule has 0 saturated carbocycles. The number of hydrogen-bond donors (Lipinski definition) is 2. The fourth-order valence-electron chi connectivity index (χ4n) is 1.80. The molecule has 0 bridgehead atoms. The van der Waals surface area contributed by atoms with Gasteiger partial charge in [-0.15, -0.1) is 11.3 Å². The fourth-order valence-corrected chi connectivity index (χ4v) is 4.01. The van der Waals surface area contributed by atoms with E-state index in [0.717, 1.165) is 6.07 Å². The van der Waals surface area contributed by atoms with Crippen molar-refractivity contribution in [2.75, 3.05) is 5.73 Å². The SMILES string of the molecule is Cc1c(N)cc(S(=O)(=O)NC(C)(C)c2nccs2)cc1F. The zero-order chi connectivity index (χ0) is 15.8. The van der Waals surface area contributed by atoms with Gasteiger partial charge in [-0.3, -0.25) is 0 Å². The van der Waals surface area contributed by atoms with Crippen LogP contribution >= 0.6 is 11.3 Å². The van der Waals surface area contributed by atoms with Crippen LogP contribution in [0, 0.1) is 12.7 Å². The van der Waals surface area contributed by atoms with Crippen LogP contribution in [-0.2, 0) is 15.6 Å². The van der Waals surface area contributed by atoms with E-state index in [1.54, 1.807) is 25.4 Å². The molecule has 1 heterocycles. The van der Waals surface area contributed by atoms with Crippen LogP contribution in [0.5, 0.6) is 0 Å². The molecule has 0 spiro atoms. The Morgan fingerprint density at radius 1 is 1.38 bits per heavy atom. The Labute approximate surface area is 127 Å². The molecule has 0 aliphatic carbocycles. The molecule has 0 amide bonds. The van der Waals surface area contributed by atoms with E-state index in [1.165, 1.54) is 24.3 Å². The Morgan fingerprint density at radius 2 is 2.05 bits per heavy atom. The van der Waals surface area contributed by atoms with Crippen LogP contribution in [0.2, 0.25) is 0 Å². The molecule has 8 heteroatoms. The second-order valence-corrected chi connectivity index (χ2v) is 7.76. The minimum absolute atomic E-state index is 0.0995. The summed E-state index contributed by atoms with van der Waals surface area (Å²) in [4.78, 5) is 3.91. The lowest BCUT2D eigenvalue weighted by molar-refractivity contribution is 0.469. The smallest absolute Gasteiger partial charge is 0.241 e. The summed E-state index contributed by atoms with van der Waals surface area (Å²) in [7, 11) is -3.91. The van der Waals surface area contributed by atoms with Crippen LogP contribution in [0.3, 0.4) is 0 Å². The van der Waals surface area contributed by atoms with E-state index in [4.69, 9.17) is 5.73 Å². The Morgan fingerprint density at radius 3 is 2.57 bits per heavy atom. The minimum Gasteiger partial charge on any atom is -0.398 e. The van der Waals surface area contributed by atoms with Gasteiger partial charge in [0.05, 0.1) is 10.4 Å². The molecule has 2 aromatic rings. The van der Waals surface area contributed by atoms with Gasteiger partial charge in [-0.25, -0.2) is 17.8 Å². The van der Waals surface area contributed by atoms with E-state index in [0.29, 0.717) is 5.01 Å². The molecule has 114 valence electrons. The maximum atomic E-state index is 13.7. The summed E-state index contributed by atoms with van der Waals surface area (Å²) in [5, 5.41) is 2.38. The predicted molar refractivity (Wildman–Crippen MR) is 81.0 cm³/mol. The number of thiazole rings is 1. The quantitative estimate of drug-likeness (QED) is 0.844. The van der Waals surface area contributed by atoms with Gasteiger partial charge in [0.15, 0.2) is 0 Å². The molecule has 0 radical (unpaired) electrons. The van der Waals surface area contributed by atoms with Crippen LogP contribution in [0.15, 0.2) is 28.6 Å². The molecule has 1 aromatic carbocycles. The zero-order valence-corrected chi connectivity index (χ0v) is 13.5. The van der Waals surface area contributed by atoms with E-state index >= 15 is 0 Å². The van der Waals surface area contributed by atoms with Crippen molar-refractivity contribution in [3.8, 4) is 0 Å². The lowest BCUT2D eigenvalue weighted by Gasteiger charge is -2.23. The van der Waals surface area contributed by atoms with Gasteiger partial charge in [0.25, 0.3) is 0 Å². The van der Waals surface area contributed by atoms with Crippen molar-refractivity contribution < 1.29 is 12.8 Å². The van der Waals surface area contributed by atoms with E-state index < -0.39 is 21.4 Å². The van der Waals surface area contributed by atoms with Crippen LogP contribution in [0.25, 0.3) is 0 Å². The third-order valence-electron chi connectivity index (χ3n) is 3.02. The Kier molecular flexibility index (Phi) is 4.05. The molecule has 5 nitrogen and oxygen atoms in total. The van der Waals surface area contributed by atoms with Crippen molar-refractivity contribution >= 4 is 27.0 Å². The lowest BCUT2D eigenvalue weighted by Crippen LogP contribution is -2.40. The van der Waals surface area contributed by atoms with Crippen molar-refractivity contribution in [1.82, 2.24) is 9.71 Å². The largest absolute Gasteiger partial charge is 0.398 e. The first-order chi connectivity index (χ1) is 9.63. The lowest BCUT2D eigenvalue weighted by atomic mass is 10.1. The number of nitrogens with one attached hydrogen (secondary N) is 1. The number of nitrogens with two attached hydrogens (primary N) is 1. The molecular weight excluding hydrogens is 313 g/mol. The van der Waals surface area contributed by atoms with Crippen LogP contribution in [0.4, 0.5) is 10.1 Å². The molecule has 0 aliphatic rings. The van der Waals surface area contributed by atoms with Crippen molar-refractivity contribution in [2.24, 2.45) is 0 Å². The molecule has 1 aromatic heterocycles. The van der Waals surface area contributed by atoms with E-state index in [2.05, 4.69) is 9.71 Å². The Bertz CT molecular complexity index is 733. The molecule has 3 N–H and O–H groups in total. The highest BCUT2D eigenvalue weighted by atomic mass is 32.2. The average Bonchev–Trinajstić information content (AvgIpc) is 2.88. The summed E-state index contributed by atoms with van der Waals surface area (Å²) in [5.74, 6) is -0.651. The van der Waals surface area contributed by atoms with Gasteiger partial charge in [-0.1, -0.05) is 0 Å². The molecule has 0 atom stereocenters. The summed E-state index contributed by atoms with van der Waals surface area (Å²) in [6.45, 7) is 4.88. The van der Waals surface area contributed by atoms with Gasteiger partial charge in [0, 0.05) is 22.8 Å². The van der Waals surface area contributed by atoms with Gasteiger partial charge in [-0.05, 0) is 32.9 Å². The Balaban J connectivity index is 2.40. The number of benzene rings is 1. The van der Waals surface area contributed by atoms with Crippen LogP contribution in [0.1, 0.15) is 24.4 Å². The first-order valence-electron chi connectivity index (χ1n) is 6.13. The third kappa shape index (κ3) is 3.22. The molecule has 0 saturated heterocycles. The fraction of sp³-hybridized carbons (Fsp3) is 0.308. The number of nitrogen functional groups attached to an aromatic ring is 1. The third-order valence-corrected chi connectivity index (χ3v) is 5.76. The highest BCUT2D eigenvalue weighted by Crippen LogP contribution is 2.26. The summed E-state index contributed by atoms with van der Waals surface area (Å²) < 4.78 is 41.0. The second kappa shape index (κ2) is 5.36. The number of nitrogens with zero attached hydrogens (tertiary/aromatic N) is 1. The van der Waals surface area contributed by atoms with Crippen LogP contribution in [-0.4, -0.2) is 13.4 Å². The first kappa shape index (κ1) is 15.9. The van der Waals surface area contributed by atoms with Crippen LogP contribution < -0.4 is 10.5 Å².